The van der Waals surface area contributed by atoms with Crippen LogP contribution in [0.15, 0.2) is 18.2 Å². The van der Waals surface area contributed by atoms with Gasteiger partial charge in [0.1, 0.15) is 0 Å². The van der Waals surface area contributed by atoms with E-state index < -0.39 is 10.7 Å². The fourth-order valence-corrected chi connectivity index (χ4v) is 1.74. The highest BCUT2D eigenvalue weighted by Gasteiger charge is 2.17. The first kappa shape index (κ1) is 14.4. The van der Waals surface area contributed by atoms with Gasteiger partial charge in [0.15, 0.2) is 5.82 Å². The molecule has 0 amide bonds. The fourth-order valence-electron chi connectivity index (χ4n) is 1.74. The van der Waals surface area contributed by atoms with Crippen LogP contribution in [0, 0.1) is 15.9 Å². The molecule has 5 nitrogen and oxygen atoms in total. The molecule has 0 fully saturated rings. The van der Waals surface area contributed by atoms with Crippen LogP contribution in [-0.2, 0) is 0 Å². The van der Waals surface area contributed by atoms with Crippen LogP contribution in [0.3, 0.4) is 0 Å². The van der Waals surface area contributed by atoms with Crippen molar-refractivity contribution in [1.82, 2.24) is 0 Å². The van der Waals surface area contributed by atoms with E-state index in [-0.39, 0.29) is 18.3 Å². The number of anilines is 1. The second-order valence-electron chi connectivity index (χ2n) is 4.26. The van der Waals surface area contributed by atoms with Crippen LogP contribution in [0.1, 0.15) is 20.3 Å². The summed E-state index contributed by atoms with van der Waals surface area (Å²) < 4.78 is 13.8. The number of nitro benzene ring substituents is 1. The Hall–Kier alpha value is -1.69. The number of aliphatic hydroxyl groups excluding tert-OH is 1. The molecule has 0 aliphatic rings. The highest BCUT2D eigenvalue weighted by atomic mass is 19.1. The summed E-state index contributed by atoms with van der Waals surface area (Å²) in [6, 6.07) is 3.66. The zero-order valence-electron chi connectivity index (χ0n) is 10.5. The maximum absolute atomic E-state index is 13.8. The molecule has 0 aliphatic carbocycles. The number of halogens is 1. The number of nitrogens with zero attached hydrogens (tertiary/aromatic N) is 2. The summed E-state index contributed by atoms with van der Waals surface area (Å²) >= 11 is 0. The van der Waals surface area contributed by atoms with E-state index >= 15 is 0 Å². The van der Waals surface area contributed by atoms with E-state index in [1.807, 2.05) is 13.8 Å². The van der Waals surface area contributed by atoms with Crippen LogP contribution in [0.5, 0.6) is 0 Å². The predicted molar refractivity (Wildman–Crippen MR) is 67.2 cm³/mol. The van der Waals surface area contributed by atoms with Gasteiger partial charge in [-0.3, -0.25) is 10.1 Å². The Bertz CT molecular complexity index is 424. The van der Waals surface area contributed by atoms with Gasteiger partial charge >= 0.3 is 0 Å². The molecule has 0 unspecified atom stereocenters. The molecule has 0 radical (unpaired) electrons. The second-order valence-corrected chi connectivity index (χ2v) is 4.26. The standard InChI is InChI=1S/C12H17FN2O3/c1-9(2)14(6-3-7-16)12-5-4-10(15(17)18)8-11(12)13/h4-5,8-9,16H,3,6-7H2,1-2H3. The Kier molecular flexibility index (Phi) is 5.03. The van der Waals surface area contributed by atoms with Crippen molar-refractivity contribution in [3.05, 3.63) is 34.1 Å². The van der Waals surface area contributed by atoms with Gasteiger partial charge in [-0.15, -0.1) is 0 Å². The number of nitro groups is 1. The number of rotatable bonds is 6. The summed E-state index contributed by atoms with van der Waals surface area (Å²) in [5.41, 5.74) is 0.0613. The van der Waals surface area contributed by atoms with Crippen molar-refractivity contribution in [1.29, 1.82) is 0 Å². The third-order valence-electron chi connectivity index (χ3n) is 2.63. The Morgan fingerprint density at radius 1 is 1.50 bits per heavy atom. The van der Waals surface area contributed by atoms with E-state index in [0.29, 0.717) is 18.7 Å². The quantitative estimate of drug-likeness (QED) is 0.626. The first-order valence-corrected chi connectivity index (χ1v) is 5.78. The van der Waals surface area contributed by atoms with Crippen LogP contribution in [0.4, 0.5) is 15.8 Å². The van der Waals surface area contributed by atoms with Gasteiger partial charge < -0.3 is 10.0 Å². The average Bonchev–Trinajstić information content (AvgIpc) is 2.30. The summed E-state index contributed by atoms with van der Waals surface area (Å²) in [4.78, 5) is 11.7. The number of benzene rings is 1. The molecule has 0 heterocycles. The maximum Gasteiger partial charge on any atom is 0.272 e. The summed E-state index contributed by atoms with van der Waals surface area (Å²) in [6.07, 6.45) is 0.522. The minimum absolute atomic E-state index is 0.0256. The Labute approximate surface area is 105 Å². The Balaban J connectivity index is 3.01. The minimum atomic E-state index is -0.625. The Morgan fingerprint density at radius 2 is 2.17 bits per heavy atom. The number of hydrogen-bond acceptors (Lipinski definition) is 4. The predicted octanol–water partition coefficient (Wildman–Crippen LogP) is 2.33. The minimum Gasteiger partial charge on any atom is -0.396 e. The zero-order chi connectivity index (χ0) is 13.7. The van der Waals surface area contributed by atoms with Crippen LogP contribution >= 0.6 is 0 Å². The van der Waals surface area contributed by atoms with Gasteiger partial charge in [0.25, 0.3) is 5.69 Å². The SMILES string of the molecule is CC(C)N(CCCO)c1ccc([N+](=O)[O-])cc1F. The van der Waals surface area contributed by atoms with Crippen molar-refractivity contribution in [2.24, 2.45) is 0 Å². The lowest BCUT2D eigenvalue weighted by molar-refractivity contribution is -0.385. The van der Waals surface area contributed by atoms with E-state index in [2.05, 4.69) is 0 Å². The van der Waals surface area contributed by atoms with Gasteiger partial charge in [0.2, 0.25) is 0 Å². The highest BCUT2D eigenvalue weighted by molar-refractivity contribution is 5.52. The fraction of sp³-hybridized carbons (Fsp3) is 0.500. The summed E-state index contributed by atoms with van der Waals surface area (Å²) in [7, 11) is 0. The van der Waals surface area contributed by atoms with Crippen molar-refractivity contribution < 1.29 is 14.4 Å². The molecule has 1 N–H and O–H groups in total. The monoisotopic (exact) mass is 256 g/mol. The molecule has 18 heavy (non-hydrogen) atoms. The number of hydrogen-bond donors (Lipinski definition) is 1. The Morgan fingerprint density at radius 3 is 2.61 bits per heavy atom. The topological polar surface area (TPSA) is 66.6 Å². The van der Waals surface area contributed by atoms with Gasteiger partial charge in [0.05, 0.1) is 16.7 Å². The van der Waals surface area contributed by atoms with Crippen LogP contribution in [0.2, 0.25) is 0 Å². The maximum atomic E-state index is 13.8. The first-order valence-electron chi connectivity index (χ1n) is 5.78. The van der Waals surface area contributed by atoms with Gasteiger partial charge in [-0.05, 0) is 26.3 Å². The normalized spacial score (nSPS) is 10.7. The van der Waals surface area contributed by atoms with Gasteiger partial charge in [0, 0.05) is 25.3 Å². The average molecular weight is 256 g/mol. The molecule has 1 rings (SSSR count). The molecule has 100 valence electrons. The van der Waals surface area contributed by atoms with E-state index in [0.717, 1.165) is 6.07 Å². The van der Waals surface area contributed by atoms with Crippen LogP contribution < -0.4 is 4.90 Å². The molecule has 0 bridgehead atoms. The molecule has 0 saturated carbocycles. The lowest BCUT2D eigenvalue weighted by Crippen LogP contribution is -2.32. The molecule has 1 aromatic rings. The third-order valence-corrected chi connectivity index (χ3v) is 2.63. The van der Waals surface area contributed by atoms with Crippen molar-refractivity contribution in [3.63, 3.8) is 0 Å². The van der Waals surface area contributed by atoms with Crippen molar-refractivity contribution in [3.8, 4) is 0 Å². The van der Waals surface area contributed by atoms with E-state index in [1.54, 1.807) is 4.90 Å². The number of non-ortho nitro benzene ring substituents is 1. The van der Waals surface area contributed by atoms with Crippen LogP contribution in [0.25, 0.3) is 0 Å². The lowest BCUT2D eigenvalue weighted by Gasteiger charge is -2.29. The van der Waals surface area contributed by atoms with E-state index in [4.69, 9.17) is 5.11 Å². The molecule has 0 spiro atoms. The van der Waals surface area contributed by atoms with Gasteiger partial charge in [-0.1, -0.05) is 0 Å². The molecule has 1 aromatic carbocycles. The first-order chi connectivity index (χ1) is 8.47. The molecule has 0 saturated heterocycles. The molecular weight excluding hydrogens is 239 g/mol. The lowest BCUT2D eigenvalue weighted by atomic mass is 10.2. The van der Waals surface area contributed by atoms with Crippen LogP contribution in [-0.4, -0.2) is 29.2 Å². The summed E-state index contributed by atoms with van der Waals surface area (Å²) in [5, 5.41) is 19.4. The van der Waals surface area contributed by atoms with Crippen molar-refractivity contribution in [2.75, 3.05) is 18.1 Å². The molecule has 6 heteroatoms. The van der Waals surface area contributed by atoms with Crippen molar-refractivity contribution in [2.45, 2.75) is 26.3 Å². The second kappa shape index (κ2) is 6.30. The number of aliphatic hydroxyl groups is 1. The largest absolute Gasteiger partial charge is 0.396 e. The molecular formula is C12H17FN2O3. The molecule has 0 aliphatic heterocycles. The summed E-state index contributed by atoms with van der Waals surface area (Å²) in [5.74, 6) is -0.615. The molecule has 0 aromatic heterocycles. The highest BCUT2D eigenvalue weighted by Crippen LogP contribution is 2.25. The van der Waals surface area contributed by atoms with Gasteiger partial charge in [-0.25, -0.2) is 4.39 Å². The van der Waals surface area contributed by atoms with Gasteiger partial charge in [-0.2, -0.15) is 0 Å². The third kappa shape index (κ3) is 3.40. The summed E-state index contributed by atoms with van der Waals surface area (Å²) in [6.45, 7) is 4.33. The zero-order valence-corrected chi connectivity index (χ0v) is 10.5. The van der Waals surface area contributed by atoms with E-state index in [9.17, 15) is 14.5 Å². The smallest absolute Gasteiger partial charge is 0.272 e. The van der Waals surface area contributed by atoms with E-state index in [1.165, 1.54) is 12.1 Å². The molecule has 0 atom stereocenters. The van der Waals surface area contributed by atoms with Crippen molar-refractivity contribution >= 4 is 11.4 Å².